The number of hydrogen-bond acceptors (Lipinski definition) is 4. The smallest absolute Gasteiger partial charge is 0.248 e. The van der Waals surface area contributed by atoms with Crippen molar-refractivity contribution in [2.24, 2.45) is 9.98 Å². The lowest BCUT2D eigenvalue weighted by Crippen LogP contribution is -2.46. The first kappa shape index (κ1) is 19.2. The third-order valence-electron chi connectivity index (χ3n) is 3.08. The van der Waals surface area contributed by atoms with Gasteiger partial charge in [-0.15, -0.1) is 0 Å². The summed E-state index contributed by atoms with van der Waals surface area (Å²) in [6, 6.07) is 1.86. The Morgan fingerprint density at radius 2 is 1.48 bits per heavy atom. The number of rotatable bonds is 1. The van der Waals surface area contributed by atoms with Crippen LogP contribution in [-0.2, 0) is 0 Å². The number of alkyl halides is 6. The minimum Gasteiger partial charge on any atom is -0.461 e. The van der Waals surface area contributed by atoms with Gasteiger partial charge in [-0.3, -0.25) is 0 Å². The van der Waals surface area contributed by atoms with Gasteiger partial charge in [-0.25, -0.2) is 9.98 Å². The number of furan rings is 1. The summed E-state index contributed by atoms with van der Waals surface area (Å²) in [6.45, 7) is 5.54. The summed E-state index contributed by atoms with van der Waals surface area (Å²) in [5, 5.41) is 2.63. The van der Waals surface area contributed by atoms with Crippen LogP contribution in [-0.4, -0.2) is 19.3 Å². The third kappa shape index (κ3) is 4.50. The Bertz CT molecular complexity index is 670. The highest BCUT2D eigenvalue weighted by Gasteiger charge is 2.38. The van der Waals surface area contributed by atoms with E-state index >= 15 is 0 Å². The van der Waals surface area contributed by atoms with Crippen LogP contribution in [0.25, 0.3) is 5.57 Å². The molecule has 0 radical (unpaired) electrons. The van der Waals surface area contributed by atoms with Crippen LogP contribution in [0.5, 0.6) is 0 Å². The van der Waals surface area contributed by atoms with Gasteiger partial charge >= 0.3 is 0 Å². The van der Waals surface area contributed by atoms with Crippen LogP contribution in [0.2, 0.25) is 0 Å². The second kappa shape index (κ2) is 6.66. The van der Waals surface area contributed by atoms with E-state index in [1.807, 2.05) is 19.9 Å². The molecule has 1 aromatic rings. The summed E-state index contributed by atoms with van der Waals surface area (Å²) in [4.78, 5) is 8.40. The quantitative estimate of drug-likeness (QED) is 0.570. The zero-order chi connectivity index (χ0) is 17.6. The van der Waals surface area contributed by atoms with Gasteiger partial charge in [0.25, 0.3) is 0 Å². The Labute approximate surface area is 163 Å². The summed E-state index contributed by atoms with van der Waals surface area (Å²) >= 11 is 35.3. The highest BCUT2D eigenvalue weighted by molar-refractivity contribution is 6.79. The summed E-state index contributed by atoms with van der Waals surface area (Å²) < 4.78 is 1.98. The standard InChI is InChI=1S/C13H11Cl6N3O/c1-5-4-8(23-7(5)3)6(2)9-20-10(12(14,15)16)22-11(21-9)13(17,18)19/h4H,1-3H3,(H,20,21,22). The zero-order valence-electron chi connectivity index (χ0n) is 12.1. The summed E-state index contributed by atoms with van der Waals surface area (Å²) in [5.74, 6) is 1.54. The lowest BCUT2D eigenvalue weighted by molar-refractivity contribution is 0.518. The van der Waals surface area contributed by atoms with Crippen LogP contribution >= 0.6 is 69.6 Å². The molecule has 10 heteroatoms. The van der Waals surface area contributed by atoms with Gasteiger partial charge in [-0.2, -0.15) is 0 Å². The summed E-state index contributed by atoms with van der Waals surface area (Å²) in [7, 11) is 0. The molecular formula is C13H11Cl6N3O. The average molecular weight is 438 g/mol. The molecule has 4 nitrogen and oxygen atoms in total. The molecule has 0 aliphatic carbocycles. The molecule has 2 heterocycles. The van der Waals surface area contributed by atoms with E-state index in [1.165, 1.54) is 0 Å². The molecule has 0 amide bonds. The first-order valence-electron chi connectivity index (χ1n) is 6.26. The molecule has 1 aliphatic rings. The lowest BCUT2D eigenvalue weighted by atomic mass is 10.2. The average Bonchev–Trinajstić information content (AvgIpc) is 2.75. The maximum Gasteiger partial charge on any atom is 0.248 e. The number of nitrogens with one attached hydrogen (secondary N) is 1. The second-order valence-corrected chi connectivity index (χ2v) is 9.40. The van der Waals surface area contributed by atoms with Gasteiger partial charge in [0.2, 0.25) is 7.59 Å². The molecule has 2 rings (SSSR count). The number of nitrogens with zero attached hydrogens (tertiary/aromatic N) is 2. The molecule has 0 fully saturated rings. The van der Waals surface area contributed by atoms with Crippen molar-refractivity contribution in [1.29, 1.82) is 0 Å². The molecule has 0 atom stereocenters. The molecule has 23 heavy (non-hydrogen) atoms. The fourth-order valence-electron chi connectivity index (χ4n) is 1.71. The topological polar surface area (TPSA) is 49.9 Å². The van der Waals surface area contributed by atoms with Gasteiger partial charge in [-0.1, -0.05) is 69.6 Å². The van der Waals surface area contributed by atoms with E-state index in [1.54, 1.807) is 6.92 Å². The van der Waals surface area contributed by atoms with Crippen LogP contribution in [0.1, 0.15) is 24.0 Å². The molecule has 0 saturated heterocycles. The summed E-state index contributed by atoms with van der Waals surface area (Å²) in [6.07, 6.45) is 0. The highest BCUT2D eigenvalue weighted by Crippen LogP contribution is 2.35. The number of aliphatic imine (C=N–C) groups is 2. The Balaban J connectivity index is 2.60. The van der Waals surface area contributed by atoms with Crippen molar-refractivity contribution >= 4 is 86.8 Å². The van der Waals surface area contributed by atoms with Gasteiger partial charge in [0.15, 0.2) is 17.5 Å². The van der Waals surface area contributed by atoms with Crippen molar-refractivity contribution in [3.05, 3.63) is 29.0 Å². The number of allylic oxidation sites excluding steroid dienone is 1. The molecule has 126 valence electrons. The van der Waals surface area contributed by atoms with E-state index < -0.39 is 7.59 Å². The van der Waals surface area contributed by atoms with Crippen LogP contribution in [0.15, 0.2) is 26.3 Å². The zero-order valence-corrected chi connectivity index (χ0v) is 16.7. The summed E-state index contributed by atoms with van der Waals surface area (Å²) in [5.41, 5.74) is 1.60. The van der Waals surface area contributed by atoms with Gasteiger partial charge in [-0.05, 0) is 32.4 Å². The maximum absolute atomic E-state index is 5.88. The monoisotopic (exact) mass is 435 g/mol. The van der Waals surface area contributed by atoms with Gasteiger partial charge in [0, 0.05) is 5.57 Å². The first-order valence-corrected chi connectivity index (χ1v) is 8.53. The SMILES string of the molecule is CC(=C1N=C(C(Cl)(Cl)Cl)NC(C(Cl)(Cl)Cl)=N1)c1cc(C)c(C)o1. The molecule has 1 aliphatic heterocycles. The van der Waals surface area contributed by atoms with E-state index in [2.05, 4.69) is 15.3 Å². The molecule has 0 aromatic carbocycles. The number of amidine groups is 2. The molecular weight excluding hydrogens is 427 g/mol. The van der Waals surface area contributed by atoms with E-state index in [9.17, 15) is 0 Å². The van der Waals surface area contributed by atoms with E-state index in [-0.39, 0.29) is 17.5 Å². The van der Waals surface area contributed by atoms with Crippen LogP contribution in [0.3, 0.4) is 0 Å². The Morgan fingerprint density at radius 1 is 1.00 bits per heavy atom. The Kier molecular flexibility index (Phi) is 5.57. The molecule has 0 bridgehead atoms. The second-order valence-electron chi connectivity index (χ2n) is 4.84. The minimum atomic E-state index is -1.84. The van der Waals surface area contributed by atoms with Crippen LogP contribution < -0.4 is 5.32 Å². The predicted octanol–water partition coefficient (Wildman–Crippen LogP) is 5.73. The Hall–Kier alpha value is -0.100. The van der Waals surface area contributed by atoms with Crippen molar-refractivity contribution < 1.29 is 4.42 Å². The van der Waals surface area contributed by atoms with Crippen molar-refractivity contribution in [3.8, 4) is 0 Å². The van der Waals surface area contributed by atoms with Gasteiger partial charge in [0.05, 0.1) is 0 Å². The molecule has 1 aromatic heterocycles. The molecule has 0 spiro atoms. The third-order valence-corrected chi connectivity index (χ3v) is 4.15. The normalized spacial score (nSPS) is 16.0. The van der Waals surface area contributed by atoms with Crippen molar-refractivity contribution in [2.45, 2.75) is 28.4 Å². The fraction of sp³-hybridized carbons (Fsp3) is 0.385. The van der Waals surface area contributed by atoms with Crippen molar-refractivity contribution in [2.75, 3.05) is 0 Å². The molecule has 0 saturated carbocycles. The lowest BCUT2D eigenvalue weighted by Gasteiger charge is -2.25. The van der Waals surface area contributed by atoms with E-state index in [4.69, 9.17) is 74.0 Å². The van der Waals surface area contributed by atoms with E-state index in [0.717, 1.165) is 11.3 Å². The van der Waals surface area contributed by atoms with Gasteiger partial charge in [0.1, 0.15) is 11.5 Å². The Morgan fingerprint density at radius 3 is 1.83 bits per heavy atom. The van der Waals surface area contributed by atoms with Crippen LogP contribution in [0.4, 0.5) is 0 Å². The molecule has 0 unspecified atom stereocenters. The predicted molar refractivity (Wildman–Crippen MR) is 99.4 cm³/mol. The maximum atomic E-state index is 5.88. The minimum absolute atomic E-state index is 0.0202. The highest BCUT2D eigenvalue weighted by atomic mass is 35.6. The van der Waals surface area contributed by atoms with Gasteiger partial charge < -0.3 is 9.73 Å². The molecule has 1 N–H and O–H groups in total. The first-order chi connectivity index (χ1) is 10.4. The van der Waals surface area contributed by atoms with E-state index in [0.29, 0.717) is 11.3 Å². The van der Waals surface area contributed by atoms with Crippen molar-refractivity contribution in [3.63, 3.8) is 0 Å². The number of halogens is 6. The largest absolute Gasteiger partial charge is 0.461 e. The fourth-order valence-corrected chi connectivity index (χ4v) is 2.25. The number of aryl methyl sites for hydroxylation is 2. The van der Waals surface area contributed by atoms with Crippen LogP contribution in [0, 0.1) is 13.8 Å². The van der Waals surface area contributed by atoms with Crippen molar-refractivity contribution in [1.82, 2.24) is 5.32 Å². The number of hydrogen-bond donors (Lipinski definition) is 1.